The van der Waals surface area contributed by atoms with Gasteiger partial charge in [0.25, 0.3) is 0 Å². The summed E-state index contributed by atoms with van der Waals surface area (Å²) in [6, 6.07) is 4.56. The number of carbonyl (C=O) groups excluding carboxylic acids is 1. The van der Waals surface area contributed by atoms with E-state index in [2.05, 4.69) is 28.9 Å². The second-order valence-electron chi connectivity index (χ2n) is 5.97. The molecule has 1 aromatic rings. The fourth-order valence-corrected chi connectivity index (χ4v) is 2.81. The molecule has 118 valence electrons. The third kappa shape index (κ3) is 7.07. The van der Waals surface area contributed by atoms with E-state index in [-0.39, 0.29) is 22.9 Å². The Labute approximate surface area is 138 Å². The number of hydrogen-bond donors (Lipinski definition) is 1. The van der Waals surface area contributed by atoms with E-state index in [9.17, 15) is 4.79 Å². The largest absolute Gasteiger partial charge is 1.00 e. The van der Waals surface area contributed by atoms with E-state index < -0.39 is 0 Å². The zero-order valence-electron chi connectivity index (χ0n) is 13.0. The van der Waals surface area contributed by atoms with Crippen LogP contribution in [0.1, 0.15) is 56.9 Å². The molecule has 0 aliphatic heterocycles. The Kier molecular flexibility index (Phi) is 8.58. The summed E-state index contributed by atoms with van der Waals surface area (Å²) in [4.78, 5) is 12.0. The maximum Gasteiger partial charge on any atom is 0.226 e. The fourth-order valence-electron chi connectivity index (χ4n) is 2.81. The molecule has 0 aromatic carbocycles. The Morgan fingerprint density at radius 2 is 1.71 bits per heavy atom. The normalized spacial score (nSPS) is 16.4. The van der Waals surface area contributed by atoms with Gasteiger partial charge in [0.1, 0.15) is 0 Å². The van der Waals surface area contributed by atoms with E-state index in [1.54, 1.807) is 0 Å². The molecule has 4 heteroatoms. The van der Waals surface area contributed by atoms with Crippen LogP contribution in [0.3, 0.4) is 0 Å². The third-order valence-corrected chi connectivity index (χ3v) is 4.13. The first-order valence-electron chi connectivity index (χ1n) is 7.99. The van der Waals surface area contributed by atoms with Crippen LogP contribution < -0.4 is 26.9 Å². The van der Waals surface area contributed by atoms with Gasteiger partial charge in [0.2, 0.25) is 5.91 Å². The van der Waals surface area contributed by atoms with Crippen molar-refractivity contribution < 1.29 is 26.3 Å². The molecular weight excluding hydrogens is 328 g/mol. The number of aryl methyl sites for hydroxylation is 2. The smallest absolute Gasteiger partial charge is 0.226 e. The molecule has 1 fully saturated rings. The molecule has 21 heavy (non-hydrogen) atoms. The van der Waals surface area contributed by atoms with E-state index in [0.29, 0.717) is 12.5 Å². The lowest BCUT2D eigenvalue weighted by atomic mass is 9.96. The highest BCUT2D eigenvalue weighted by Crippen LogP contribution is 2.17. The molecule has 0 atom stereocenters. The minimum atomic E-state index is 0. The maximum atomic E-state index is 12.0. The lowest BCUT2D eigenvalue weighted by Crippen LogP contribution is -3.00. The first-order valence-corrected chi connectivity index (χ1v) is 7.99. The molecule has 2 rings (SSSR count). The summed E-state index contributed by atoms with van der Waals surface area (Å²) < 4.78 is 2.07. The fraction of sp³-hybridized carbons (Fsp3) is 0.647. The summed E-state index contributed by atoms with van der Waals surface area (Å²) >= 11 is 0. The van der Waals surface area contributed by atoms with Crippen LogP contribution in [-0.2, 0) is 11.3 Å². The minimum Gasteiger partial charge on any atom is -1.00 e. The number of nitrogens with zero attached hydrogens (tertiary/aromatic N) is 1. The Balaban J connectivity index is 0.00000220. The number of aromatic nitrogens is 1. The van der Waals surface area contributed by atoms with Crippen LogP contribution in [0.15, 0.2) is 24.5 Å². The van der Waals surface area contributed by atoms with Crippen molar-refractivity contribution in [1.82, 2.24) is 5.32 Å². The van der Waals surface area contributed by atoms with E-state index in [4.69, 9.17) is 0 Å². The van der Waals surface area contributed by atoms with Crippen molar-refractivity contribution in [2.45, 2.75) is 70.9 Å². The average Bonchev–Trinajstić information content (AvgIpc) is 2.41. The summed E-state index contributed by atoms with van der Waals surface area (Å²) in [6.45, 7) is 2.84. The Morgan fingerprint density at radius 1 is 1.14 bits per heavy atom. The lowest BCUT2D eigenvalue weighted by Gasteiger charge is -2.20. The highest BCUT2D eigenvalue weighted by molar-refractivity contribution is 5.75. The highest BCUT2D eigenvalue weighted by atomic mass is 79.9. The van der Waals surface area contributed by atoms with Crippen LogP contribution in [0.4, 0.5) is 0 Å². The van der Waals surface area contributed by atoms with Gasteiger partial charge in [0.15, 0.2) is 18.9 Å². The van der Waals surface area contributed by atoms with Gasteiger partial charge < -0.3 is 22.3 Å². The van der Waals surface area contributed by atoms with Crippen LogP contribution in [0.25, 0.3) is 0 Å². The van der Waals surface area contributed by atoms with Crippen LogP contribution >= 0.6 is 0 Å². The molecule has 1 amide bonds. The van der Waals surface area contributed by atoms with Gasteiger partial charge in [0, 0.05) is 18.2 Å². The van der Waals surface area contributed by atoms with Gasteiger partial charge in [-0.15, -0.1) is 0 Å². The monoisotopic (exact) mass is 354 g/mol. The predicted octanol–water partition coefficient (Wildman–Crippen LogP) is -0.0943. The molecule has 3 nitrogen and oxygen atoms in total. The van der Waals surface area contributed by atoms with Crippen molar-refractivity contribution in [1.29, 1.82) is 0 Å². The van der Waals surface area contributed by atoms with Gasteiger partial charge in [-0.1, -0.05) is 32.1 Å². The molecule has 1 saturated carbocycles. The second-order valence-corrected chi connectivity index (χ2v) is 5.97. The molecule has 1 aromatic heterocycles. The van der Waals surface area contributed by atoms with E-state index in [1.165, 1.54) is 37.7 Å². The summed E-state index contributed by atoms with van der Waals surface area (Å²) in [5.74, 6) is 0.198. The van der Waals surface area contributed by atoms with Gasteiger partial charge >= 0.3 is 0 Å². The zero-order valence-corrected chi connectivity index (χ0v) is 14.6. The molecule has 0 spiro atoms. The van der Waals surface area contributed by atoms with Gasteiger partial charge in [-0.25, -0.2) is 4.57 Å². The summed E-state index contributed by atoms with van der Waals surface area (Å²) in [7, 11) is 0. The number of nitrogens with one attached hydrogen (secondary N) is 1. The molecule has 1 N–H and O–H groups in total. The van der Waals surface area contributed by atoms with E-state index in [1.807, 2.05) is 12.4 Å². The number of carbonyl (C=O) groups is 1. The van der Waals surface area contributed by atoms with Crippen molar-refractivity contribution in [3.05, 3.63) is 30.1 Å². The van der Waals surface area contributed by atoms with Crippen molar-refractivity contribution in [3.63, 3.8) is 0 Å². The first kappa shape index (κ1) is 18.1. The van der Waals surface area contributed by atoms with Crippen molar-refractivity contribution in [2.24, 2.45) is 0 Å². The lowest BCUT2D eigenvalue weighted by molar-refractivity contribution is -0.695. The Hall–Kier alpha value is -0.900. The van der Waals surface area contributed by atoms with E-state index >= 15 is 0 Å². The molecule has 1 aliphatic carbocycles. The first-order chi connectivity index (χ1) is 9.74. The quantitative estimate of drug-likeness (QED) is 0.753. The standard InChI is InChI=1S/C17H26N2O.BrH/c1-15-9-12-19(13-10-15)14-11-17(20)18-16-7-5-3-2-4-6-8-16;/h9-10,12-13,16H,2-8,11,14H2,1H3;1H. The predicted molar refractivity (Wildman–Crippen MR) is 80.2 cm³/mol. The molecule has 1 heterocycles. The number of hydrogen-bond acceptors (Lipinski definition) is 1. The maximum absolute atomic E-state index is 12.0. The Bertz CT molecular complexity index is 411. The molecule has 0 radical (unpaired) electrons. The second kappa shape index (κ2) is 9.93. The summed E-state index contributed by atoms with van der Waals surface area (Å²) in [5.41, 5.74) is 1.25. The SMILES string of the molecule is Cc1cc[n+](CCC(=O)NC2CCCCCCC2)cc1.[Br-]. The topological polar surface area (TPSA) is 33.0 Å². The molecule has 0 saturated heterocycles. The van der Waals surface area contributed by atoms with Gasteiger partial charge in [-0.05, 0) is 25.3 Å². The van der Waals surface area contributed by atoms with Gasteiger partial charge in [0.05, 0.1) is 6.42 Å². The molecular formula is C17H27BrN2O. The van der Waals surface area contributed by atoms with Gasteiger partial charge in [-0.2, -0.15) is 0 Å². The zero-order chi connectivity index (χ0) is 14.2. The van der Waals surface area contributed by atoms with E-state index in [0.717, 1.165) is 19.4 Å². The average molecular weight is 355 g/mol. The number of rotatable bonds is 4. The van der Waals surface area contributed by atoms with Crippen LogP contribution in [0, 0.1) is 6.92 Å². The molecule has 1 aliphatic rings. The molecule has 0 bridgehead atoms. The van der Waals surface area contributed by atoms with Crippen LogP contribution in [-0.4, -0.2) is 11.9 Å². The van der Waals surface area contributed by atoms with Crippen molar-refractivity contribution in [2.75, 3.05) is 0 Å². The van der Waals surface area contributed by atoms with Gasteiger partial charge in [-0.3, -0.25) is 4.79 Å². The summed E-state index contributed by atoms with van der Waals surface area (Å²) in [5, 5.41) is 3.22. The number of amides is 1. The van der Waals surface area contributed by atoms with Crippen LogP contribution in [0.5, 0.6) is 0 Å². The molecule has 0 unspecified atom stereocenters. The Morgan fingerprint density at radius 3 is 2.33 bits per heavy atom. The number of halogens is 1. The van der Waals surface area contributed by atoms with Crippen LogP contribution in [0.2, 0.25) is 0 Å². The highest BCUT2D eigenvalue weighted by Gasteiger charge is 2.14. The van der Waals surface area contributed by atoms with Crippen molar-refractivity contribution >= 4 is 5.91 Å². The van der Waals surface area contributed by atoms with Crippen molar-refractivity contribution in [3.8, 4) is 0 Å². The summed E-state index contributed by atoms with van der Waals surface area (Å²) in [6.07, 6.45) is 13.5. The minimum absolute atomic E-state index is 0. The number of pyridine rings is 1. The third-order valence-electron chi connectivity index (χ3n) is 4.13.